The Morgan fingerprint density at radius 1 is 1.28 bits per heavy atom. The molecular formula is C13H12BrClFNS. The maximum atomic E-state index is 13.4. The second-order valence-corrected chi connectivity index (χ2v) is 7.01. The number of hydrogen-bond donors (Lipinski definition) is 1. The molecule has 0 aliphatic rings. The van der Waals surface area contributed by atoms with Crippen LogP contribution in [0.25, 0.3) is 0 Å². The van der Waals surface area contributed by atoms with Crippen LogP contribution in [-0.2, 0) is 0 Å². The normalized spacial score (nSPS) is 12.8. The first kappa shape index (κ1) is 14.0. The van der Waals surface area contributed by atoms with E-state index in [1.54, 1.807) is 24.3 Å². The Morgan fingerprint density at radius 2 is 1.94 bits per heavy atom. The molecule has 96 valence electrons. The monoisotopic (exact) mass is 347 g/mol. The second-order valence-electron chi connectivity index (χ2n) is 4.21. The lowest BCUT2D eigenvalue weighted by Gasteiger charge is -2.13. The minimum Gasteiger partial charge on any atom is -0.320 e. The molecule has 1 heterocycles. The standard InChI is InChI=1S/C13H12BrClFNS/c1-6-3-8(9(15)5-10(6)16)12(17)11-4-7(2)13(14)18-11/h3-5,12H,17H2,1-2H3. The highest BCUT2D eigenvalue weighted by Gasteiger charge is 2.17. The molecule has 1 atom stereocenters. The molecule has 1 aromatic carbocycles. The molecule has 1 nitrogen and oxygen atoms in total. The third kappa shape index (κ3) is 2.62. The van der Waals surface area contributed by atoms with E-state index >= 15 is 0 Å². The predicted octanol–water partition coefficient (Wildman–Crippen LogP) is 4.97. The molecule has 0 saturated heterocycles. The summed E-state index contributed by atoms with van der Waals surface area (Å²) >= 11 is 11.1. The summed E-state index contributed by atoms with van der Waals surface area (Å²) in [5.74, 6) is -0.306. The number of aryl methyl sites for hydroxylation is 2. The molecule has 0 spiro atoms. The molecule has 2 aromatic rings. The van der Waals surface area contributed by atoms with Gasteiger partial charge in [0.1, 0.15) is 5.82 Å². The molecule has 0 aliphatic carbocycles. The quantitative estimate of drug-likeness (QED) is 0.815. The van der Waals surface area contributed by atoms with Crippen molar-refractivity contribution in [3.63, 3.8) is 0 Å². The zero-order valence-corrected chi connectivity index (χ0v) is 13.1. The van der Waals surface area contributed by atoms with Gasteiger partial charge in [-0.05, 0) is 64.7 Å². The largest absolute Gasteiger partial charge is 0.320 e. The summed E-state index contributed by atoms with van der Waals surface area (Å²) in [7, 11) is 0. The van der Waals surface area contributed by atoms with Gasteiger partial charge in [-0.15, -0.1) is 11.3 Å². The minimum absolute atomic E-state index is 0.306. The van der Waals surface area contributed by atoms with Crippen LogP contribution in [0.15, 0.2) is 22.0 Å². The van der Waals surface area contributed by atoms with Gasteiger partial charge in [0, 0.05) is 9.90 Å². The van der Waals surface area contributed by atoms with Crippen molar-refractivity contribution < 1.29 is 4.39 Å². The molecule has 1 unspecified atom stereocenters. The zero-order chi connectivity index (χ0) is 13.4. The molecule has 0 amide bonds. The van der Waals surface area contributed by atoms with Crippen LogP contribution in [-0.4, -0.2) is 0 Å². The Hall–Kier alpha value is -0.420. The van der Waals surface area contributed by atoms with Gasteiger partial charge in [-0.1, -0.05) is 11.6 Å². The molecule has 0 radical (unpaired) electrons. The molecule has 5 heteroatoms. The Kier molecular flexibility index (Phi) is 4.11. The van der Waals surface area contributed by atoms with Crippen LogP contribution in [0.3, 0.4) is 0 Å². The number of halogens is 3. The van der Waals surface area contributed by atoms with Crippen molar-refractivity contribution in [1.82, 2.24) is 0 Å². The van der Waals surface area contributed by atoms with Gasteiger partial charge >= 0.3 is 0 Å². The van der Waals surface area contributed by atoms with Crippen LogP contribution in [0.4, 0.5) is 4.39 Å². The van der Waals surface area contributed by atoms with E-state index in [1.807, 2.05) is 13.0 Å². The lowest BCUT2D eigenvalue weighted by Crippen LogP contribution is -2.11. The van der Waals surface area contributed by atoms with Crippen LogP contribution < -0.4 is 5.73 Å². The Balaban J connectivity index is 2.45. The van der Waals surface area contributed by atoms with Crippen LogP contribution in [0.5, 0.6) is 0 Å². The van der Waals surface area contributed by atoms with E-state index in [9.17, 15) is 4.39 Å². The summed E-state index contributed by atoms with van der Waals surface area (Å²) in [6.07, 6.45) is 0. The van der Waals surface area contributed by atoms with Gasteiger partial charge in [0.2, 0.25) is 0 Å². The van der Waals surface area contributed by atoms with E-state index in [0.717, 1.165) is 19.8 Å². The number of hydrogen-bond acceptors (Lipinski definition) is 2. The fraction of sp³-hybridized carbons (Fsp3) is 0.231. The maximum absolute atomic E-state index is 13.4. The number of rotatable bonds is 2. The molecule has 2 rings (SSSR count). The molecule has 0 saturated carbocycles. The van der Waals surface area contributed by atoms with Crippen molar-refractivity contribution in [3.8, 4) is 0 Å². The summed E-state index contributed by atoms with van der Waals surface area (Å²) in [4.78, 5) is 1.01. The molecule has 1 aromatic heterocycles. The van der Waals surface area contributed by atoms with Crippen molar-refractivity contribution >= 4 is 38.9 Å². The van der Waals surface area contributed by atoms with Gasteiger partial charge in [-0.2, -0.15) is 0 Å². The lowest BCUT2D eigenvalue weighted by atomic mass is 10.0. The van der Waals surface area contributed by atoms with Gasteiger partial charge in [-0.3, -0.25) is 0 Å². The average molecular weight is 349 g/mol. The first-order valence-electron chi connectivity index (χ1n) is 5.37. The average Bonchev–Trinajstić information content (AvgIpc) is 2.63. The summed E-state index contributed by atoms with van der Waals surface area (Å²) in [5, 5.41) is 0.368. The first-order valence-corrected chi connectivity index (χ1v) is 7.36. The van der Waals surface area contributed by atoms with E-state index in [0.29, 0.717) is 10.6 Å². The van der Waals surface area contributed by atoms with Crippen molar-refractivity contribution in [2.75, 3.05) is 0 Å². The van der Waals surface area contributed by atoms with Crippen LogP contribution in [0.2, 0.25) is 5.02 Å². The number of benzene rings is 1. The summed E-state index contributed by atoms with van der Waals surface area (Å²) in [6.45, 7) is 3.71. The zero-order valence-electron chi connectivity index (χ0n) is 9.93. The minimum atomic E-state index is -0.327. The van der Waals surface area contributed by atoms with Crippen LogP contribution >= 0.6 is 38.9 Å². The summed E-state index contributed by atoms with van der Waals surface area (Å²) < 4.78 is 14.4. The third-order valence-corrected chi connectivity index (χ3v) is 5.34. The summed E-state index contributed by atoms with van der Waals surface area (Å²) in [5.41, 5.74) is 8.65. The van der Waals surface area contributed by atoms with E-state index in [-0.39, 0.29) is 11.9 Å². The van der Waals surface area contributed by atoms with E-state index in [1.165, 1.54) is 6.07 Å². The van der Waals surface area contributed by atoms with Crippen LogP contribution in [0, 0.1) is 19.7 Å². The van der Waals surface area contributed by atoms with E-state index in [4.69, 9.17) is 17.3 Å². The fourth-order valence-corrected chi connectivity index (χ4v) is 3.57. The molecule has 0 fully saturated rings. The van der Waals surface area contributed by atoms with Crippen molar-refractivity contribution in [2.24, 2.45) is 5.73 Å². The Morgan fingerprint density at radius 3 is 2.50 bits per heavy atom. The molecular weight excluding hydrogens is 337 g/mol. The first-order chi connectivity index (χ1) is 8.40. The van der Waals surface area contributed by atoms with Gasteiger partial charge in [0.05, 0.1) is 9.83 Å². The smallest absolute Gasteiger partial charge is 0.127 e. The molecule has 18 heavy (non-hydrogen) atoms. The maximum Gasteiger partial charge on any atom is 0.127 e. The van der Waals surface area contributed by atoms with Crippen molar-refractivity contribution in [3.05, 3.63) is 54.4 Å². The van der Waals surface area contributed by atoms with E-state index in [2.05, 4.69) is 15.9 Å². The topological polar surface area (TPSA) is 26.0 Å². The third-order valence-electron chi connectivity index (χ3n) is 2.80. The SMILES string of the molecule is Cc1cc(C(N)c2cc(C)c(Br)s2)c(Cl)cc1F. The second kappa shape index (κ2) is 5.29. The van der Waals surface area contributed by atoms with Gasteiger partial charge in [-0.25, -0.2) is 4.39 Å². The number of thiophene rings is 1. The highest BCUT2D eigenvalue weighted by Crippen LogP contribution is 2.35. The van der Waals surface area contributed by atoms with Gasteiger partial charge < -0.3 is 5.73 Å². The van der Waals surface area contributed by atoms with Crippen LogP contribution in [0.1, 0.15) is 27.6 Å². The predicted molar refractivity (Wildman–Crippen MR) is 78.9 cm³/mol. The number of nitrogens with two attached hydrogens (primary N) is 1. The van der Waals surface area contributed by atoms with Gasteiger partial charge in [0.25, 0.3) is 0 Å². The lowest BCUT2D eigenvalue weighted by molar-refractivity contribution is 0.617. The molecule has 0 aliphatic heterocycles. The molecule has 0 bridgehead atoms. The Labute approximate surface area is 123 Å². The van der Waals surface area contributed by atoms with E-state index < -0.39 is 0 Å². The Bertz CT molecular complexity index is 577. The highest BCUT2D eigenvalue weighted by molar-refractivity contribution is 9.11. The molecule has 2 N–H and O–H groups in total. The van der Waals surface area contributed by atoms with Crippen molar-refractivity contribution in [2.45, 2.75) is 19.9 Å². The highest BCUT2D eigenvalue weighted by atomic mass is 79.9. The van der Waals surface area contributed by atoms with Gasteiger partial charge in [0.15, 0.2) is 0 Å². The summed E-state index contributed by atoms with van der Waals surface area (Å²) in [6, 6.07) is 4.73. The van der Waals surface area contributed by atoms with Crippen molar-refractivity contribution in [1.29, 1.82) is 0 Å². The fourth-order valence-electron chi connectivity index (χ4n) is 1.71.